The summed E-state index contributed by atoms with van der Waals surface area (Å²) in [5, 5.41) is 3.31. The lowest BCUT2D eigenvalue weighted by molar-refractivity contribution is -0.143. The van der Waals surface area contributed by atoms with Gasteiger partial charge in [0.05, 0.1) is 11.1 Å². The van der Waals surface area contributed by atoms with Crippen molar-refractivity contribution in [3.05, 3.63) is 70.8 Å². The van der Waals surface area contributed by atoms with Gasteiger partial charge in [-0.2, -0.15) is 26.3 Å². The Bertz CT molecular complexity index is 880. The van der Waals surface area contributed by atoms with Gasteiger partial charge in [0.1, 0.15) is 0 Å². The van der Waals surface area contributed by atoms with Crippen LogP contribution in [0.3, 0.4) is 0 Å². The van der Waals surface area contributed by atoms with Crippen LogP contribution in [0.5, 0.6) is 0 Å². The van der Waals surface area contributed by atoms with Crippen LogP contribution in [0.15, 0.2) is 48.5 Å². The standard InChI is InChI=1S/C23H27F6N3O/c1-16(33)32(15-21(30-9-10-31(2)3)18-7-5-4-6-8-18)14-17-11-19(22(24,25)26)13-20(12-17)23(27,28)29/h4-8,11-13,21,30H,9-10,14-15H2,1-3H3/t21-/m1/s1. The van der Waals surface area contributed by atoms with Crippen LogP contribution in [-0.4, -0.2) is 49.4 Å². The lowest BCUT2D eigenvalue weighted by Crippen LogP contribution is -2.39. The summed E-state index contributed by atoms with van der Waals surface area (Å²) in [6, 6.07) is 10.2. The van der Waals surface area contributed by atoms with E-state index in [1.807, 2.05) is 49.3 Å². The molecule has 1 atom stereocenters. The molecule has 0 heterocycles. The number of likely N-dealkylation sites (N-methyl/N-ethyl adjacent to an activating group) is 1. The predicted octanol–water partition coefficient (Wildman–Crippen LogP) is 4.97. The van der Waals surface area contributed by atoms with Crippen LogP contribution in [0.4, 0.5) is 26.3 Å². The highest BCUT2D eigenvalue weighted by Gasteiger charge is 2.37. The molecule has 0 saturated heterocycles. The first kappa shape index (κ1) is 26.7. The second-order valence-corrected chi connectivity index (χ2v) is 8.03. The smallest absolute Gasteiger partial charge is 0.337 e. The van der Waals surface area contributed by atoms with E-state index in [-0.39, 0.29) is 30.8 Å². The summed E-state index contributed by atoms with van der Waals surface area (Å²) in [6.45, 7) is 2.19. The van der Waals surface area contributed by atoms with E-state index < -0.39 is 29.4 Å². The predicted molar refractivity (Wildman–Crippen MR) is 113 cm³/mol. The number of benzene rings is 2. The maximum absolute atomic E-state index is 13.2. The molecule has 10 heteroatoms. The normalized spacial score (nSPS) is 13.3. The molecule has 0 aliphatic heterocycles. The molecule has 0 bridgehead atoms. The quantitative estimate of drug-likeness (QED) is 0.521. The molecule has 1 amide bonds. The van der Waals surface area contributed by atoms with E-state index in [1.165, 1.54) is 11.8 Å². The Morgan fingerprint density at radius 3 is 1.94 bits per heavy atom. The first-order valence-electron chi connectivity index (χ1n) is 10.2. The number of hydrogen-bond acceptors (Lipinski definition) is 3. The zero-order valence-corrected chi connectivity index (χ0v) is 18.6. The molecule has 2 aromatic rings. The Labute approximate surface area is 189 Å². The van der Waals surface area contributed by atoms with Crippen LogP contribution in [0.1, 0.15) is 35.2 Å². The Morgan fingerprint density at radius 2 is 1.48 bits per heavy atom. The van der Waals surface area contributed by atoms with E-state index in [9.17, 15) is 31.1 Å². The number of nitrogens with zero attached hydrogens (tertiary/aromatic N) is 2. The fourth-order valence-corrected chi connectivity index (χ4v) is 3.29. The summed E-state index contributed by atoms with van der Waals surface area (Å²) in [5.41, 5.74) is -2.20. The largest absolute Gasteiger partial charge is 0.416 e. The minimum absolute atomic E-state index is 0.0738. The summed E-state index contributed by atoms with van der Waals surface area (Å²) < 4.78 is 79.2. The van der Waals surface area contributed by atoms with Gasteiger partial charge in [-0.3, -0.25) is 4.79 Å². The van der Waals surface area contributed by atoms with Gasteiger partial charge >= 0.3 is 12.4 Å². The van der Waals surface area contributed by atoms with Gasteiger partial charge in [0.2, 0.25) is 5.91 Å². The first-order chi connectivity index (χ1) is 15.3. The van der Waals surface area contributed by atoms with Crippen molar-refractivity contribution in [1.82, 2.24) is 15.1 Å². The van der Waals surface area contributed by atoms with Crippen molar-refractivity contribution in [1.29, 1.82) is 0 Å². The summed E-state index contributed by atoms with van der Waals surface area (Å²) in [7, 11) is 3.79. The third kappa shape index (κ3) is 8.36. The summed E-state index contributed by atoms with van der Waals surface area (Å²) in [6.07, 6.45) is -9.89. The molecule has 33 heavy (non-hydrogen) atoms. The zero-order chi connectivity index (χ0) is 24.8. The Hall–Kier alpha value is -2.59. The number of carbonyl (C=O) groups is 1. The first-order valence-corrected chi connectivity index (χ1v) is 10.2. The number of halogens is 6. The van der Waals surface area contributed by atoms with Crippen LogP contribution >= 0.6 is 0 Å². The van der Waals surface area contributed by atoms with Gasteiger partial charge in [0, 0.05) is 39.1 Å². The molecule has 2 rings (SSSR count). The lowest BCUT2D eigenvalue weighted by Gasteiger charge is -2.29. The maximum atomic E-state index is 13.2. The lowest BCUT2D eigenvalue weighted by atomic mass is 10.0. The number of alkyl halides is 6. The summed E-state index contributed by atoms with van der Waals surface area (Å²) in [5.74, 6) is -0.462. The van der Waals surface area contributed by atoms with Crippen molar-refractivity contribution in [2.24, 2.45) is 0 Å². The van der Waals surface area contributed by atoms with E-state index in [0.717, 1.165) is 5.56 Å². The molecule has 0 saturated carbocycles. The van der Waals surface area contributed by atoms with Crippen molar-refractivity contribution in [3.63, 3.8) is 0 Å². The SMILES string of the molecule is CC(=O)N(Cc1cc(C(F)(F)F)cc(C(F)(F)F)c1)C[C@@H](NCCN(C)C)c1ccccc1. The van der Waals surface area contributed by atoms with Crippen molar-refractivity contribution in [2.75, 3.05) is 33.7 Å². The molecule has 0 aromatic heterocycles. The summed E-state index contributed by atoms with van der Waals surface area (Å²) >= 11 is 0. The van der Waals surface area contributed by atoms with Gasteiger partial charge < -0.3 is 15.1 Å². The molecule has 182 valence electrons. The molecule has 4 nitrogen and oxygen atoms in total. The molecule has 1 N–H and O–H groups in total. The van der Waals surface area contributed by atoms with Crippen LogP contribution in [0.2, 0.25) is 0 Å². The van der Waals surface area contributed by atoms with Crippen LogP contribution in [0, 0.1) is 0 Å². The van der Waals surface area contributed by atoms with Gasteiger partial charge in [-0.05, 0) is 43.4 Å². The number of hydrogen-bond donors (Lipinski definition) is 1. The van der Waals surface area contributed by atoms with Gasteiger partial charge in [-0.15, -0.1) is 0 Å². The minimum Gasteiger partial charge on any atom is -0.337 e. The molecular weight excluding hydrogens is 448 g/mol. The molecular formula is C23H27F6N3O. The van der Waals surface area contributed by atoms with E-state index in [2.05, 4.69) is 5.32 Å². The van der Waals surface area contributed by atoms with Crippen molar-refractivity contribution in [2.45, 2.75) is 31.9 Å². The van der Waals surface area contributed by atoms with Crippen LogP contribution < -0.4 is 5.32 Å². The Morgan fingerprint density at radius 1 is 0.939 bits per heavy atom. The molecule has 0 fully saturated rings. The average molecular weight is 475 g/mol. The second-order valence-electron chi connectivity index (χ2n) is 8.03. The molecule has 0 spiro atoms. The van der Waals surface area contributed by atoms with Crippen LogP contribution in [-0.2, 0) is 23.7 Å². The Balaban J connectivity index is 2.34. The van der Waals surface area contributed by atoms with Crippen molar-refractivity contribution < 1.29 is 31.1 Å². The third-order valence-corrected chi connectivity index (χ3v) is 5.02. The minimum atomic E-state index is -4.95. The van der Waals surface area contributed by atoms with Crippen LogP contribution in [0.25, 0.3) is 0 Å². The molecule has 2 aromatic carbocycles. The highest BCUT2D eigenvalue weighted by molar-refractivity contribution is 5.73. The monoisotopic (exact) mass is 475 g/mol. The van der Waals surface area contributed by atoms with E-state index in [4.69, 9.17) is 0 Å². The van der Waals surface area contributed by atoms with Crippen molar-refractivity contribution >= 4 is 5.91 Å². The second kappa shape index (κ2) is 11.0. The fourth-order valence-electron chi connectivity index (χ4n) is 3.29. The molecule has 0 radical (unpaired) electrons. The summed E-state index contributed by atoms with van der Waals surface area (Å²) in [4.78, 5) is 15.5. The maximum Gasteiger partial charge on any atom is 0.416 e. The number of nitrogens with one attached hydrogen (secondary N) is 1. The molecule has 0 aliphatic carbocycles. The topological polar surface area (TPSA) is 35.6 Å². The number of rotatable bonds is 9. The Kier molecular flexibility index (Phi) is 8.90. The fraction of sp³-hybridized carbons (Fsp3) is 0.435. The van der Waals surface area contributed by atoms with Gasteiger partial charge in [-0.1, -0.05) is 30.3 Å². The average Bonchev–Trinajstić information content (AvgIpc) is 2.71. The molecule has 0 aliphatic rings. The van der Waals surface area contributed by atoms with E-state index in [1.54, 1.807) is 0 Å². The number of amides is 1. The van der Waals surface area contributed by atoms with E-state index in [0.29, 0.717) is 25.2 Å². The molecule has 0 unspecified atom stereocenters. The third-order valence-electron chi connectivity index (χ3n) is 5.02. The zero-order valence-electron chi connectivity index (χ0n) is 18.6. The van der Waals surface area contributed by atoms with Gasteiger partial charge in [0.25, 0.3) is 0 Å². The number of carbonyl (C=O) groups excluding carboxylic acids is 1. The van der Waals surface area contributed by atoms with E-state index >= 15 is 0 Å². The van der Waals surface area contributed by atoms with Gasteiger partial charge in [0.15, 0.2) is 0 Å². The highest BCUT2D eigenvalue weighted by Crippen LogP contribution is 2.36. The van der Waals surface area contributed by atoms with Gasteiger partial charge in [-0.25, -0.2) is 0 Å². The highest BCUT2D eigenvalue weighted by atomic mass is 19.4. The van der Waals surface area contributed by atoms with Crippen molar-refractivity contribution in [3.8, 4) is 0 Å².